The number of carbonyl (C=O) groups excluding carboxylic acids is 3. The number of aryl methyl sites for hydroxylation is 1. The van der Waals surface area contributed by atoms with Crippen molar-refractivity contribution >= 4 is 38.8 Å². The smallest absolute Gasteiger partial charge is 0.259 e. The molecule has 5 atom stereocenters. The highest BCUT2D eigenvalue weighted by molar-refractivity contribution is 7.91. The monoisotopic (exact) mass is 690 g/mol. The minimum absolute atomic E-state index is 0.00505. The molecule has 1 aromatic carbocycles. The molecule has 4 N–H and O–H groups in total. The summed E-state index contributed by atoms with van der Waals surface area (Å²) in [4.78, 5) is 52.4. The van der Waals surface area contributed by atoms with E-state index in [0.717, 1.165) is 0 Å². The molecular weight excluding hydrogens is 646 g/mol. The molecule has 15 heteroatoms. The molecule has 1 aromatic heterocycles. The number of para-hydroxylation sites is 2. The summed E-state index contributed by atoms with van der Waals surface area (Å²) in [6.45, 7) is 3.41. The van der Waals surface area contributed by atoms with Crippen LogP contribution >= 0.6 is 0 Å². The molecule has 2 saturated carbocycles. The Hall–Kier alpha value is -3.46. The number of nitrogens with one attached hydrogen (secondary N) is 2. The van der Waals surface area contributed by atoms with Crippen LogP contribution < -0.4 is 20.5 Å². The number of halogens is 2. The minimum Gasteiger partial charge on any atom is -0.471 e. The predicted octanol–water partition coefficient (Wildman–Crippen LogP) is 3.12. The first-order valence-corrected chi connectivity index (χ1v) is 18.4. The first-order valence-electron chi connectivity index (χ1n) is 16.9. The van der Waals surface area contributed by atoms with Crippen LogP contribution in [0.3, 0.4) is 0 Å². The summed E-state index contributed by atoms with van der Waals surface area (Å²) in [5, 5.41) is 2.69. The van der Waals surface area contributed by atoms with Crippen molar-refractivity contribution in [3.63, 3.8) is 0 Å². The van der Waals surface area contributed by atoms with Gasteiger partial charge < -0.3 is 20.7 Å². The topological polar surface area (TPSA) is 174 Å². The number of alkyl halides is 2. The molecule has 0 radical (unpaired) electrons. The number of nitrogens with two attached hydrogens (primary N) is 1. The Morgan fingerprint density at radius 3 is 2.48 bits per heavy atom. The van der Waals surface area contributed by atoms with E-state index in [1.807, 2.05) is 25.1 Å². The number of rotatable bonds is 6. The molecule has 3 amide bonds. The highest BCUT2D eigenvalue weighted by Gasteiger charge is 2.58. The van der Waals surface area contributed by atoms with Crippen molar-refractivity contribution in [3.05, 3.63) is 30.0 Å². The lowest BCUT2D eigenvalue weighted by Crippen LogP contribution is -2.62. The lowest BCUT2D eigenvalue weighted by molar-refractivity contribution is -0.141. The Morgan fingerprint density at radius 1 is 1.08 bits per heavy atom. The van der Waals surface area contributed by atoms with Gasteiger partial charge in [0.15, 0.2) is 0 Å². The lowest BCUT2D eigenvalue weighted by atomic mass is 9.90. The molecule has 3 heterocycles. The molecule has 2 saturated heterocycles. The van der Waals surface area contributed by atoms with Crippen molar-refractivity contribution in [2.45, 2.75) is 125 Å². The van der Waals surface area contributed by atoms with E-state index in [0.29, 0.717) is 48.8 Å². The van der Waals surface area contributed by atoms with Gasteiger partial charge >= 0.3 is 0 Å². The second-order valence-electron chi connectivity index (χ2n) is 14.2. The molecular formula is C33H44F2N6O6S. The Bertz CT molecular complexity index is 1700. The Labute approximate surface area is 279 Å². The highest BCUT2D eigenvalue weighted by atomic mass is 32.2. The van der Waals surface area contributed by atoms with Crippen molar-refractivity contribution in [1.29, 1.82) is 0 Å². The second kappa shape index (κ2) is 12.8. The summed E-state index contributed by atoms with van der Waals surface area (Å²) >= 11 is 0. The van der Waals surface area contributed by atoms with E-state index in [9.17, 15) is 22.8 Å². The molecule has 2 aliphatic carbocycles. The quantitative estimate of drug-likeness (QED) is 0.412. The molecule has 2 bridgehead atoms. The predicted molar refractivity (Wildman–Crippen MR) is 172 cm³/mol. The van der Waals surface area contributed by atoms with Crippen LogP contribution in [0.4, 0.5) is 8.78 Å². The van der Waals surface area contributed by atoms with E-state index in [-0.39, 0.29) is 44.5 Å². The zero-order chi connectivity index (χ0) is 34.5. The third-order valence-electron chi connectivity index (χ3n) is 10.6. The molecule has 4 aliphatic rings. The molecule has 2 aliphatic heterocycles. The van der Waals surface area contributed by atoms with Crippen molar-refractivity contribution in [1.82, 2.24) is 24.9 Å². The summed E-state index contributed by atoms with van der Waals surface area (Å²) in [6.07, 6.45) is 0.759. The molecule has 4 fully saturated rings. The van der Waals surface area contributed by atoms with E-state index in [1.165, 1.54) is 11.8 Å². The Morgan fingerprint density at radius 2 is 1.79 bits per heavy atom. The van der Waals surface area contributed by atoms with Gasteiger partial charge in [0.1, 0.15) is 23.4 Å². The van der Waals surface area contributed by atoms with Crippen LogP contribution in [0, 0.1) is 5.92 Å². The number of nitrogens with zero attached hydrogens (tertiary/aromatic N) is 3. The van der Waals surface area contributed by atoms with Crippen LogP contribution in [-0.2, 0) is 30.8 Å². The van der Waals surface area contributed by atoms with Gasteiger partial charge in [-0.1, -0.05) is 31.9 Å². The summed E-state index contributed by atoms with van der Waals surface area (Å²) in [7, 11) is -4.13. The summed E-state index contributed by atoms with van der Waals surface area (Å²) in [5.41, 5.74) is 6.30. The molecule has 0 spiro atoms. The summed E-state index contributed by atoms with van der Waals surface area (Å²) < 4.78 is 64.4. The summed E-state index contributed by atoms with van der Waals surface area (Å²) in [5.74, 6) is -6.39. The van der Waals surface area contributed by atoms with Gasteiger partial charge in [-0.2, -0.15) is 0 Å². The largest absolute Gasteiger partial charge is 0.471 e. The molecule has 12 nitrogen and oxygen atoms in total. The highest BCUT2D eigenvalue weighted by Crippen LogP contribution is 2.47. The molecule has 262 valence electrons. The second-order valence-corrected chi connectivity index (χ2v) is 16.4. The van der Waals surface area contributed by atoms with Gasteiger partial charge in [-0.15, -0.1) is 0 Å². The van der Waals surface area contributed by atoms with Gasteiger partial charge in [-0.3, -0.25) is 19.1 Å². The molecule has 48 heavy (non-hydrogen) atoms. The first kappa shape index (κ1) is 34.4. The number of ether oxygens (including phenoxy) is 1. The number of hydrogen-bond acceptors (Lipinski definition) is 9. The van der Waals surface area contributed by atoms with E-state index < -0.39 is 80.9 Å². The zero-order valence-corrected chi connectivity index (χ0v) is 28.2. The maximum Gasteiger partial charge on any atom is 0.259 e. The van der Waals surface area contributed by atoms with Crippen LogP contribution in [0.5, 0.6) is 5.88 Å². The molecule has 6 rings (SSSR count). The maximum atomic E-state index is 15.5. The van der Waals surface area contributed by atoms with Crippen molar-refractivity contribution < 1.29 is 36.3 Å². The van der Waals surface area contributed by atoms with Crippen LogP contribution in [0.1, 0.15) is 90.2 Å². The fourth-order valence-corrected chi connectivity index (χ4v) is 8.53. The van der Waals surface area contributed by atoms with Gasteiger partial charge in [0.05, 0.1) is 28.4 Å². The van der Waals surface area contributed by atoms with Gasteiger partial charge in [-0.05, 0) is 70.4 Å². The van der Waals surface area contributed by atoms with Crippen molar-refractivity contribution in [2.24, 2.45) is 11.7 Å². The van der Waals surface area contributed by atoms with Gasteiger partial charge in [0.25, 0.3) is 11.8 Å². The third-order valence-corrected chi connectivity index (χ3v) is 12.8. The average Bonchev–Trinajstić information content (AvgIpc) is 3.45. The van der Waals surface area contributed by atoms with E-state index >= 15 is 8.78 Å². The zero-order valence-electron chi connectivity index (χ0n) is 27.3. The Kier molecular flexibility index (Phi) is 9.16. The number of fused-ring (bicyclic) bond motifs is 4. The van der Waals surface area contributed by atoms with Crippen LogP contribution in [0.25, 0.3) is 11.0 Å². The number of aromatic nitrogens is 2. The third kappa shape index (κ3) is 6.59. The SMILES string of the molecule is CCc1nc2ccccc2nc1O[C@@H]1C[C@H]2C(=O)N[C@]3(C(=O)NS(=O)(=O)C4(C)CC4)CCC(C3)C(F)(F)CCCCC[C@H](N)C(=O)N2C1. The van der Waals surface area contributed by atoms with E-state index in [4.69, 9.17) is 10.5 Å². The van der Waals surface area contributed by atoms with Gasteiger partial charge in [0, 0.05) is 18.8 Å². The standard InChI is InChI=1S/C33H44F2N6O6S/c1-3-23-28(38-25-11-7-6-10-24(25)37-23)47-21-17-26-27(42)39-32(30(44)40-48(45,46)31(2)15-16-31)14-12-20(18-32)33(34,35)13-8-4-5-9-22(36)29(43)41(26)19-21/h6-7,10-11,20-22,26H,3-5,8-9,12-19,36H2,1-2H3,(H,39,42)(H,40,44)/t20?,21-,22+,26+,32-/m1/s1. The van der Waals surface area contributed by atoms with Crippen LogP contribution in [0.2, 0.25) is 0 Å². The van der Waals surface area contributed by atoms with Gasteiger partial charge in [-0.25, -0.2) is 27.2 Å². The summed E-state index contributed by atoms with van der Waals surface area (Å²) in [6, 6.07) is 5.20. The Balaban J connectivity index is 1.31. The normalized spacial score (nSPS) is 30.6. The van der Waals surface area contributed by atoms with E-state index in [1.54, 1.807) is 6.07 Å². The maximum absolute atomic E-state index is 15.5. The van der Waals surface area contributed by atoms with Crippen molar-refractivity contribution in [2.75, 3.05) is 6.54 Å². The van der Waals surface area contributed by atoms with Crippen molar-refractivity contribution in [3.8, 4) is 5.88 Å². The van der Waals surface area contributed by atoms with E-state index in [2.05, 4.69) is 20.0 Å². The number of benzene rings is 1. The number of hydrogen-bond donors (Lipinski definition) is 3. The van der Waals surface area contributed by atoms with Crippen LogP contribution in [-0.4, -0.2) is 81.9 Å². The van der Waals surface area contributed by atoms with Gasteiger partial charge in [0.2, 0.25) is 27.7 Å². The first-order chi connectivity index (χ1) is 22.7. The number of amides is 3. The van der Waals surface area contributed by atoms with Crippen LogP contribution in [0.15, 0.2) is 24.3 Å². The fraction of sp³-hybridized carbons (Fsp3) is 0.667. The molecule has 1 unspecified atom stereocenters. The molecule has 2 aromatic rings. The number of carbonyl (C=O) groups is 3. The minimum atomic E-state index is -4.13. The average molecular weight is 691 g/mol. The fourth-order valence-electron chi connectivity index (χ4n) is 7.21. The number of sulfonamides is 1. The lowest BCUT2D eigenvalue weighted by Gasteiger charge is -2.34.